The van der Waals surface area contributed by atoms with E-state index in [1.807, 2.05) is 0 Å². The molecule has 0 aromatic carbocycles. The van der Waals surface area contributed by atoms with E-state index in [1.165, 1.54) is 6.42 Å². The van der Waals surface area contributed by atoms with E-state index < -0.39 is 24.5 Å². The zero-order valence-corrected chi connectivity index (χ0v) is 13.1. The van der Waals surface area contributed by atoms with Crippen LogP contribution in [0, 0.1) is 11.8 Å². The molecule has 2 amide bonds. The smallest absolute Gasteiger partial charge is 0.352 e. The molecule has 2 unspecified atom stereocenters. The Morgan fingerprint density at radius 1 is 1.30 bits per heavy atom. The minimum absolute atomic E-state index is 0.158. The van der Waals surface area contributed by atoms with Gasteiger partial charge in [0.05, 0.1) is 5.92 Å². The van der Waals surface area contributed by atoms with Crippen molar-refractivity contribution in [2.75, 3.05) is 19.6 Å². The summed E-state index contributed by atoms with van der Waals surface area (Å²) in [5, 5.41) is 2.86. The lowest BCUT2D eigenvalue weighted by molar-refractivity contribution is -0.157. The van der Waals surface area contributed by atoms with Gasteiger partial charge < -0.3 is 16.0 Å². The van der Waals surface area contributed by atoms with Crippen LogP contribution >= 0.6 is 0 Å². The van der Waals surface area contributed by atoms with Gasteiger partial charge in [0.1, 0.15) is 6.54 Å². The van der Waals surface area contributed by atoms with Gasteiger partial charge in [0.15, 0.2) is 0 Å². The highest BCUT2D eigenvalue weighted by Gasteiger charge is 2.41. The zero-order chi connectivity index (χ0) is 17.0. The minimum atomic E-state index is -4.44. The first-order valence-electron chi connectivity index (χ1n) is 8.15. The number of nitrogens with two attached hydrogens (primary N) is 1. The maximum atomic E-state index is 12.4. The molecule has 2 rings (SSSR count). The topological polar surface area (TPSA) is 75.4 Å². The van der Waals surface area contributed by atoms with E-state index in [-0.39, 0.29) is 24.9 Å². The average molecular weight is 335 g/mol. The monoisotopic (exact) mass is 335 g/mol. The van der Waals surface area contributed by atoms with E-state index >= 15 is 0 Å². The summed E-state index contributed by atoms with van der Waals surface area (Å²) in [6, 6.07) is -0.158. The summed E-state index contributed by atoms with van der Waals surface area (Å²) < 4.78 is 37.2. The summed E-state index contributed by atoms with van der Waals surface area (Å²) in [6.45, 7) is -1.16. The molecule has 1 aliphatic heterocycles. The third kappa shape index (κ3) is 5.09. The number of likely N-dealkylation sites (tertiary alicyclic amines) is 1. The molecule has 23 heavy (non-hydrogen) atoms. The fraction of sp³-hybridized carbons (Fsp3) is 0.867. The van der Waals surface area contributed by atoms with E-state index in [0.29, 0.717) is 17.4 Å². The van der Waals surface area contributed by atoms with Crippen molar-refractivity contribution in [1.29, 1.82) is 0 Å². The van der Waals surface area contributed by atoms with E-state index in [9.17, 15) is 22.8 Å². The van der Waals surface area contributed by atoms with Gasteiger partial charge in [-0.05, 0) is 18.8 Å². The van der Waals surface area contributed by atoms with E-state index in [2.05, 4.69) is 5.32 Å². The van der Waals surface area contributed by atoms with Gasteiger partial charge >= 0.3 is 6.18 Å². The Bertz CT molecular complexity index is 436. The molecule has 1 heterocycles. The summed E-state index contributed by atoms with van der Waals surface area (Å²) in [6.07, 6.45) is 0.812. The lowest BCUT2D eigenvalue weighted by Gasteiger charge is -2.30. The third-order valence-electron chi connectivity index (χ3n) is 4.76. The average Bonchev–Trinajstić information content (AvgIpc) is 2.84. The standard InChI is InChI=1S/C15H24F3N3O2/c16-15(17,18)9-21-8-11(6-13(21)22)14(23)20-12(7-19)10-4-2-1-3-5-10/h10-12H,1-9,19H2,(H,20,23). The normalized spacial score (nSPS) is 24.8. The van der Waals surface area contributed by atoms with Crippen molar-refractivity contribution in [2.24, 2.45) is 17.6 Å². The first-order valence-corrected chi connectivity index (χ1v) is 8.15. The first-order chi connectivity index (χ1) is 10.8. The molecule has 2 atom stereocenters. The lowest BCUT2D eigenvalue weighted by atomic mass is 9.83. The lowest BCUT2D eigenvalue weighted by Crippen LogP contribution is -2.48. The molecule has 132 valence electrons. The maximum Gasteiger partial charge on any atom is 0.406 e. The zero-order valence-electron chi connectivity index (χ0n) is 13.1. The molecule has 1 saturated heterocycles. The molecule has 2 aliphatic rings. The molecule has 8 heteroatoms. The fourth-order valence-corrected chi connectivity index (χ4v) is 3.52. The highest BCUT2D eigenvalue weighted by atomic mass is 19.4. The minimum Gasteiger partial charge on any atom is -0.352 e. The Kier molecular flexibility index (Phi) is 5.89. The van der Waals surface area contributed by atoms with Crippen LogP contribution in [0.1, 0.15) is 38.5 Å². The van der Waals surface area contributed by atoms with Crippen LogP contribution in [0.4, 0.5) is 13.2 Å². The van der Waals surface area contributed by atoms with Gasteiger partial charge in [0.2, 0.25) is 11.8 Å². The predicted molar refractivity (Wildman–Crippen MR) is 78.3 cm³/mol. The van der Waals surface area contributed by atoms with E-state index in [1.54, 1.807) is 0 Å². The van der Waals surface area contributed by atoms with Gasteiger partial charge in [-0.2, -0.15) is 13.2 Å². The number of amides is 2. The van der Waals surface area contributed by atoms with Gasteiger partial charge in [0.25, 0.3) is 0 Å². The molecule has 2 fully saturated rings. The van der Waals surface area contributed by atoms with Gasteiger partial charge in [-0.25, -0.2) is 0 Å². The van der Waals surface area contributed by atoms with Crippen molar-refractivity contribution in [3.63, 3.8) is 0 Å². The molecular formula is C15H24F3N3O2. The molecule has 0 spiro atoms. The van der Waals surface area contributed by atoms with Crippen LogP contribution in [-0.4, -0.2) is 48.6 Å². The van der Waals surface area contributed by atoms with Crippen LogP contribution in [0.5, 0.6) is 0 Å². The number of hydrogen-bond acceptors (Lipinski definition) is 3. The van der Waals surface area contributed by atoms with Crippen LogP contribution in [0.25, 0.3) is 0 Å². The predicted octanol–water partition coefficient (Wildman–Crippen LogP) is 1.42. The number of rotatable bonds is 5. The molecule has 0 bridgehead atoms. The second-order valence-electron chi connectivity index (χ2n) is 6.54. The van der Waals surface area contributed by atoms with Crippen LogP contribution in [0.3, 0.4) is 0 Å². The number of halogens is 3. The summed E-state index contributed by atoms with van der Waals surface area (Å²) in [4.78, 5) is 24.6. The Morgan fingerprint density at radius 3 is 2.52 bits per heavy atom. The fourth-order valence-electron chi connectivity index (χ4n) is 3.52. The third-order valence-corrected chi connectivity index (χ3v) is 4.76. The highest BCUT2D eigenvalue weighted by molar-refractivity contribution is 5.89. The Balaban J connectivity index is 1.88. The van der Waals surface area contributed by atoms with Crippen molar-refractivity contribution in [2.45, 2.75) is 50.7 Å². The van der Waals surface area contributed by atoms with Crippen LogP contribution in [0.2, 0.25) is 0 Å². The molecule has 1 aliphatic carbocycles. The maximum absolute atomic E-state index is 12.4. The van der Waals surface area contributed by atoms with Crippen molar-refractivity contribution < 1.29 is 22.8 Å². The number of carbonyl (C=O) groups is 2. The van der Waals surface area contributed by atoms with Crippen molar-refractivity contribution in [3.05, 3.63) is 0 Å². The summed E-state index contributed by atoms with van der Waals surface area (Å²) in [5.74, 6) is -1.38. The summed E-state index contributed by atoms with van der Waals surface area (Å²) in [5.41, 5.74) is 5.75. The number of nitrogens with zero attached hydrogens (tertiary/aromatic N) is 1. The number of carbonyl (C=O) groups excluding carboxylic acids is 2. The van der Waals surface area contributed by atoms with Gasteiger partial charge in [-0.1, -0.05) is 19.3 Å². The van der Waals surface area contributed by atoms with E-state index in [4.69, 9.17) is 5.73 Å². The van der Waals surface area contributed by atoms with Crippen LogP contribution in [-0.2, 0) is 9.59 Å². The second-order valence-corrected chi connectivity index (χ2v) is 6.54. The number of nitrogens with one attached hydrogen (secondary N) is 1. The van der Waals surface area contributed by atoms with Gasteiger partial charge in [-0.3, -0.25) is 9.59 Å². The summed E-state index contributed by atoms with van der Waals surface area (Å²) >= 11 is 0. The molecule has 0 radical (unpaired) electrons. The Hall–Kier alpha value is -1.31. The quantitative estimate of drug-likeness (QED) is 0.798. The van der Waals surface area contributed by atoms with Crippen molar-refractivity contribution >= 4 is 11.8 Å². The molecule has 5 nitrogen and oxygen atoms in total. The summed E-state index contributed by atoms with van der Waals surface area (Å²) in [7, 11) is 0. The molecule has 0 aromatic rings. The molecule has 3 N–H and O–H groups in total. The first kappa shape index (κ1) is 18.0. The second kappa shape index (κ2) is 7.51. The SMILES string of the molecule is NCC(NC(=O)C1CC(=O)N(CC(F)(F)F)C1)C1CCCCC1. The van der Waals surface area contributed by atoms with Crippen molar-refractivity contribution in [1.82, 2.24) is 10.2 Å². The Labute approximate surface area is 133 Å². The Morgan fingerprint density at radius 2 is 1.96 bits per heavy atom. The molecule has 1 saturated carbocycles. The number of hydrogen-bond donors (Lipinski definition) is 2. The van der Waals surface area contributed by atoms with E-state index in [0.717, 1.165) is 25.7 Å². The van der Waals surface area contributed by atoms with Crippen LogP contribution < -0.4 is 11.1 Å². The van der Waals surface area contributed by atoms with Gasteiger partial charge in [0, 0.05) is 25.6 Å². The number of alkyl halides is 3. The largest absolute Gasteiger partial charge is 0.406 e. The molecule has 0 aromatic heterocycles. The molecular weight excluding hydrogens is 311 g/mol. The van der Waals surface area contributed by atoms with Gasteiger partial charge in [-0.15, -0.1) is 0 Å². The van der Waals surface area contributed by atoms with Crippen LogP contribution in [0.15, 0.2) is 0 Å². The van der Waals surface area contributed by atoms with Crippen molar-refractivity contribution in [3.8, 4) is 0 Å². The highest BCUT2D eigenvalue weighted by Crippen LogP contribution is 2.27.